The molecule has 1 aromatic heterocycles. The summed E-state index contributed by atoms with van der Waals surface area (Å²) in [7, 11) is 0. The van der Waals surface area contributed by atoms with Crippen molar-refractivity contribution in [2.75, 3.05) is 0 Å². The monoisotopic (exact) mass is 471 g/mol. The molecule has 0 N–H and O–H groups in total. The van der Waals surface area contributed by atoms with Crippen LogP contribution in [0.2, 0.25) is 18.5 Å². The second kappa shape index (κ2) is 10.2. The van der Waals surface area contributed by atoms with Crippen LogP contribution in [-0.4, -0.2) is 23.4 Å². The van der Waals surface area contributed by atoms with E-state index < -0.39 is 30.2 Å². The third-order valence-electron chi connectivity index (χ3n) is 4.74. The molecule has 0 unspecified atom stereocenters. The van der Waals surface area contributed by atoms with Gasteiger partial charge in [0.25, 0.3) is 0 Å². The average molecular weight is 471 g/mol. The van der Waals surface area contributed by atoms with Gasteiger partial charge in [-0.2, -0.15) is 0 Å². The minimum atomic E-state index is -4.43. The summed E-state index contributed by atoms with van der Waals surface area (Å²) >= 11 is 3.47. The summed E-state index contributed by atoms with van der Waals surface area (Å²) in [4.78, 5) is 3.73. The van der Waals surface area contributed by atoms with Gasteiger partial charge in [0, 0.05) is 0 Å². The van der Waals surface area contributed by atoms with Gasteiger partial charge in [-0.05, 0) is 0 Å². The Hall–Kier alpha value is 0.0287. The van der Waals surface area contributed by atoms with Gasteiger partial charge in [-0.3, -0.25) is 0 Å². The zero-order valence-electron chi connectivity index (χ0n) is 15.0. The molecule has 0 amide bonds. The first-order chi connectivity index (χ1) is 11.3. The minimum absolute atomic E-state index is 0.115. The van der Waals surface area contributed by atoms with Crippen molar-refractivity contribution in [3.8, 4) is 0 Å². The van der Waals surface area contributed by atoms with Gasteiger partial charge in [0.05, 0.1) is 0 Å². The van der Waals surface area contributed by atoms with Crippen molar-refractivity contribution in [3.63, 3.8) is 0 Å². The Balaban J connectivity index is 3.28. The Morgan fingerprint density at radius 2 is 1.38 bits per heavy atom. The molecule has 0 bridgehead atoms. The SMILES string of the molecule is CCC[CH2][Sn]([CH2]CCC)([CH2]CCC)[c]1ccc(C(F)(F)F)nc1Cl. The van der Waals surface area contributed by atoms with E-state index >= 15 is 0 Å². The molecule has 0 atom stereocenters. The van der Waals surface area contributed by atoms with Crippen molar-refractivity contribution in [3.05, 3.63) is 23.0 Å². The standard InChI is InChI=1S/C6H2ClF3N.3C4H9.Sn/c7-5-3-1-2-4(11-5)6(8,9)10;3*1-3-4-2;/h1-2H;3*1,3-4H2,2H3;. The maximum atomic E-state index is 12.9. The van der Waals surface area contributed by atoms with Crippen LogP contribution in [0.25, 0.3) is 0 Å². The number of unbranched alkanes of at least 4 members (excludes halogenated alkanes) is 3. The molecule has 0 aliphatic carbocycles. The van der Waals surface area contributed by atoms with Gasteiger partial charge in [-0.15, -0.1) is 0 Å². The first kappa shape index (κ1) is 22.1. The zero-order chi connectivity index (χ0) is 18.2. The van der Waals surface area contributed by atoms with Crippen LogP contribution in [0.3, 0.4) is 0 Å². The van der Waals surface area contributed by atoms with Crippen molar-refractivity contribution < 1.29 is 13.2 Å². The molecule has 0 spiro atoms. The molecule has 1 nitrogen and oxygen atoms in total. The van der Waals surface area contributed by atoms with Crippen molar-refractivity contribution >= 4 is 33.6 Å². The molecule has 0 aromatic carbocycles. The molecule has 1 rings (SSSR count). The van der Waals surface area contributed by atoms with Crippen LogP contribution in [-0.2, 0) is 6.18 Å². The molecule has 0 saturated heterocycles. The number of alkyl halides is 3. The van der Waals surface area contributed by atoms with Gasteiger partial charge in [0.2, 0.25) is 0 Å². The Kier molecular flexibility index (Phi) is 9.42. The fourth-order valence-electron chi connectivity index (χ4n) is 3.31. The van der Waals surface area contributed by atoms with Crippen LogP contribution in [0, 0.1) is 0 Å². The van der Waals surface area contributed by atoms with Crippen LogP contribution < -0.4 is 3.58 Å². The van der Waals surface area contributed by atoms with E-state index in [1.165, 1.54) is 0 Å². The first-order valence-corrected chi connectivity index (χ1v) is 16.9. The number of rotatable bonds is 10. The molecule has 1 heterocycles. The normalized spacial score (nSPS) is 12.6. The van der Waals surface area contributed by atoms with Crippen molar-refractivity contribution in [1.82, 2.24) is 4.98 Å². The van der Waals surface area contributed by atoms with Crippen molar-refractivity contribution in [1.29, 1.82) is 0 Å². The van der Waals surface area contributed by atoms with Crippen molar-refractivity contribution in [2.24, 2.45) is 0 Å². The molecule has 1 aromatic rings. The van der Waals surface area contributed by atoms with E-state index in [2.05, 4.69) is 25.8 Å². The second-order valence-electron chi connectivity index (χ2n) is 6.62. The Labute approximate surface area is 153 Å². The number of aromatic nitrogens is 1. The van der Waals surface area contributed by atoms with Crippen LogP contribution in [0.15, 0.2) is 12.1 Å². The number of pyridine rings is 1. The molecule has 0 radical (unpaired) electrons. The fourth-order valence-corrected chi connectivity index (χ4v) is 20.7. The number of halogens is 4. The van der Waals surface area contributed by atoms with E-state index in [1.807, 2.05) is 0 Å². The summed E-state index contributed by atoms with van der Waals surface area (Å²) in [5.41, 5.74) is -0.877. The van der Waals surface area contributed by atoms with E-state index in [0.29, 0.717) is 0 Å². The zero-order valence-corrected chi connectivity index (χ0v) is 18.6. The predicted molar refractivity (Wildman–Crippen MR) is 98.8 cm³/mol. The molecule has 0 saturated carbocycles. The van der Waals surface area contributed by atoms with Crippen LogP contribution in [0.5, 0.6) is 0 Å². The van der Waals surface area contributed by atoms with Crippen LogP contribution in [0.4, 0.5) is 13.2 Å². The summed E-state index contributed by atoms with van der Waals surface area (Å²) in [6, 6.07) is 2.80. The van der Waals surface area contributed by atoms with Gasteiger partial charge in [0.15, 0.2) is 0 Å². The molecule has 0 aliphatic heterocycles. The van der Waals surface area contributed by atoms with E-state index in [1.54, 1.807) is 6.07 Å². The molecule has 0 fully saturated rings. The molecule has 24 heavy (non-hydrogen) atoms. The van der Waals surface area contributed by atoms with Crippen LogP contribution in [0.1, 0.15) is 65.0 Å². The molecule has 6 heteroatoms. The number of hydrogen-bond acceptors (Lipinski definition) is 1. The predicted octanol–water partition coefficient (Wildman–Crippen LogP) is 6.81. The summed E-state index contributed by atoms with van der Waals surface area (Å²) in [6.45, 7) is 6.51. The maximum absolute atomic E-state index is 12.9. The number of nitrogens with zero attached hydrogens (tertiary/aromatic N) is 1. The van der Waals surface area contributed by atoms with E-state index in [4.69, 9.17) is 11.6 Å². The third kappa shape index (κ3) is 6.08. The van der Waals surface area contributed by atoms with E-state index in [9.17, 15) is 13.2 Å². The molecule has 0 aliphatic rings. The Bertz CT molecular complexity index is 484. The van der Waals surface area contributed by atoms with Gasteiger partial charge in [-0.25, -0.2) is 0 Å². The summed E-state index contributed by atoms with van der Waals surface area (Å²) < 4.78 is 43.2. The topological polar surface area (TPSA) is 12.9 Å². The molecular weight excluding hydrogens is 441 g/mol. The van der Waals surface area contributed by atoms with Crippen molar-refractivity contribution in [2.45, 2.75) is 78.8 Å². The molecule has 138 valence electrons. The van der Waals surface area contributed by atoms with Gasteiger partial charge in [-0.1, -0.05) is 0 Å². The van der Waals surface area contributed by atoms with E-state index in [-0.39, 0.29) is 5.15 Å². The summed E-state index contributed by atoms with van der Waals surface area (Å²) in [6.07, 6.45) is 2.33. The van der Waals surface area contributed by atoms with Gasteiger partial charge >= 0.3 is 153 Å². The Morgan fingerprint density at radius 3 is 1.71 bits per heavy atom. The van der Waals surface area contributed by atoms with Crippen LogP contribution >= 0.6 is 11.6 Å². The average Bonchev–Trinajstić information content (AvgIpc) is 2.54. The van der Waals surface area contributed by atoms with Gasteiger partial charge in [0.1, 0.15) is 0 Å². The Morgan fingerprint density at radius 1 is 0.917 bits per heavy atom. The first-order valence-electron chi connectivity index (χ1n) is 9.05. The third-order valence-corrected chi connectivity index (χ3v) is 21.1. The van der Waals surface area contributed by atoms with E-state index in [0.717, 1.165) is 61.5 Å². The fraction of sp³-hybridized carbons (Fsp3) is 0.722. The van der Waals surface area contributed by atoms with Gasteiger partial charge < -0.3 is 0 Å². The summed E-state index contributed by atoms with van der Waals surface area (Å²) in [5.74, 6) is 0. The summed E-state index contributed by atoms with van der Waals surface area (Å²) in [5, 5.41) is 0.115. The molecular formula is C18H29ClF3NSn. The quantitative estimate of drug-likeness (QED) is 0.270. The number of hydrogen-bond donors (Lipinski definition) is 0. The second-order valence-corrected chi connectivity index (χ2v) is 20.1.